The Balaban J connectivity index is 1.52. The summed E-state index contributed by atoms with van der Waals surface area (Å²) in [4.78, 5) is 37.4. The maximum absolute atomic E-state index is 15.2. The van der Waals surface area contributed by atoms with E-state index in [9.17, 15) is 14.0 Å². The van der Waals surface area contributed by atoms with E-state index in [0.29, 0.717) is 68.6 Å². The molecule has 1 unspecified atom stereocenters. The summed E-state index contributed by atoms with van der Waals surface area (Å²) in [6.07, 6.45) is 1.31. The number of aromatic nitrogens is 2. The summed E-state index contributed by atoms with van der Waals surface area (Å²) in [6.45, 7) is 10.9. The number of nitrogens with zero attached hydrogens (tertiary/aromatic N) is 5. The fourth-order valence-electron chi connectivity index (χ4n) is 5.99. The maximum atomic E-state index is 15.2. The molecule has 0 saturated carbocycles. The van der Waals surface area contributed by atoms with Gasteiger partial charge in [-0.05, 0) is 30.7 Å². The Morgan fingerprint density at radius 1 is 1.15 bits per heavy atom. The first-order valence-corrected chi connectivity index (χ1v) is 15.0. The van der Waals surface area contributed by atoms with Crippen molar-refractivity contribution in [3.8, 4) is 11.1 Å². The highest BCUT2D eigenvalue weighted by molar-refractivity contribution is 7.99. The number of hydrogen-bond donors (Lipinski definition) is 0. The minimum Gasteiger partial charge on any atom is -0.379 e. The molecule has 12 heteroatoms. The molecule has 0 bridgehead atoms. The highest BCUT2D eigenvalue weighted by atomic mass is 35.5. The molecule has 4 heterocycles. The number of piperazine rings is 1. The topological polar surface area (TPSA) is 70.9 Å². The molecule has 1 atom stereocenters. The number of aryl methyl sites for hydroxylation is 1. The molecule has 3 aliphatic rings. The molecule has 2 fully saturated rings. The molecule has 8 nitrogen and oxygen atoms in total. The van der Waals surface area contributed by atoms with E-state index in [4.69, 9.17) is 16.3 Å². The van der Waals surface area contributed by atoms with E-state index in [1.807, 2.05) is 17.9 Å². The van der Waals surface area contributed by atoms with Crippen molar-refractivity contribution in [1.29, 1.82) is 0 Å². The number of thioether (sulfide) groups is 1. The van der Waals surface area contributed by atoms with Crippen molar-refractivity contribution >= 4 is 46.0 Å². The van der Waals surface area contributed by atoms with Crippen LogP contribution in [0.5, 0.6) is 0 Å². The minimum atomic E-state index is -0.823. The Kier molecular flexibility index (Phi) is 7.80. The SMILES string of the molecule is C=CC(=O)N1CCN(c2nc(=O)n3c4c(c(-c5cc(Cl)c(F)cc5F)c(C)cc24)SCC3CN2CCOCC2)CC1. The number of morpholine rings is 1. The van der Waals surface area contributed by atoms with Crippen LogP contribution < -0.4 is 10.6 Å². The number of ether oxygens (including phenoxy) is 1. The number of hydrogen-bond acceptors (Lipinski definition) is 7. The zero-order valence-electron chi connectivity index (χ0n) is 22.7. The summed E-state index contributed by atoms with van der Waals surface area (Å²) in [5.41, 5.74) is 1.88. The first kappa shape index (κ1) is 28.1. The third-order valence-corrected chi connectivity index (χ3v) is 9.57. The molecule has 0 spiro atoms. The normalized spacial score (nSPS) is 19.6. The summed E-state index contributed by atoms with van der Waals surface area (Å²) < 4.78 is 36.6. The molecule has 1 amide bonds. The van der Waals surface area contributed by atoms with Crippen LogP contribution in [0, 0.1) is 18.6 Å². The van der Waals surface area contributed by atoms with Gasteiger partial charge in [-0.15, -0.1) is 11.8 Å². The van der Waals surface area contributed by atoms with E-state index in [2.05, 4.69) is 16.5 Å². The van der Waals surface area contributed by atoms with E-state index < -0.39 is 11.6 Å². The van der Waals surface area contributed by atoms with Gasteiger partial charge < -0.3 is 14.5 Å². The molecule has 0 aliphatic carbocycles. The molecule has 2 saturated heterocycles. The van der Waals surface area contributed by atoms with Crippen LogP contribution in [0.1, 0.15) is 11.6 Å². The lowest BCUT2D eigenvalue weighted by molar-refractivity contribution is -0.126. The quantitative estimate of drug-likeness (QED) is 0.322. The van der Waals surface area contributed by atoms with Crippen LogP contribution in [0.3, 0.4) is 0 Å². The standard InChI is InChI=1S/C29H30ClF2N5O3S/c1-3-24(38)35-4-6-36(7-5-35)28-20-12-17(2)25(19-13-21(30)23(32)14-22(19)31)27-26(20)37(29(39)33-28)18(16-41-27)15-34-8-10-40-11-9-34/h3,12-14,18H,1,4-11,15-16H2,2H3. The lowest BCUT2D eigenvalue weighted by atomic mass is 9.96. The summed E-state index contributed by atoms with van der Waals surface area (Å²) in [5, 5.41) is 0.621. The van der Waals surface area contributed by atoms with Crippen LogP contribution in [0.2, 0.25) is 5.02 Å². The van der Waals surface area contributed by atoms with Gasteiger partial charge in [-0.2, -0.15) is 4.98 Å². The minimum absolute atomic E-state index is 0.127. The first-order valence-electron chi connectivity index (χ1n) is 13.6. The zero-order valence-corrected chi connectivity index (χ0v) is 24.2. The van der Waals surface area contributed by atoms with Gasteiger partial charge in [0, 0.05) is 79.0 Å². The second kappa shape index (κ2) is 11.4. The third-order valence-electron chi connectivity index (χ3n) is 8.04. The Hall–Kier alpha value is -2.99. The third kappa shape index (κ3) is 5.13. The molecule has 0 N–H and O–H groups in total. The van der Waals surface area contributed by atoms with Crippen LogP contribution in [0.15, 0.2) is 40.5 Å². The van der Waals surface area contributed by atoms with Crippen LogP contribution in [0.25, 0.3) is 22.0 Å². The number of carbonyl (C=O) groups excluding carboxylic acids is 1. The van der Waals surface area contributed by atoms with Crippen LogP contribution in [-0.4, -0.2) is 90.0 Å². The van der Waals surface area contributed by atoms with Crippen molar-refractivity contribution in [2.75, 3.05) is 69.7 Å². The lowest BCUT2D eigenvalue weighted by Gasteiger charge is -2.37. The van der Waals surface area contributed by atoms with Gasteiger partial charge >= 0.3 is 5.69 Å². The number of halogens is 3. The van der Waals surface area contributed by atoms with Crippen molar-refractivity contribution < 1.29 is 18.3 Å². The maximum Gasteiger partial charge on any atom is 0.350 e. The second-order valence-corrected chi connectivity index (χ2v) is 12.0. The van der Waals surface area contributed by atoms with Gasteiger partial charge in [0.25, 0.3) is 0 Å². The van der Waals surface area contributed by atoms with E-state index >= 15 is 4.39 Å². The summed E-state index contributed by atoms with van der Waals surface area (Å²) in [7, 11) is 0. The Morgan fingerprint density at radius 3 is 2.59 bits per heavy atom. The lowest BCUT2D eigenvalue weighted by Crippen LogP contribution is -2.49. The van der Waals surface area contributed by atoms with Gasteiger partial charge in [0.1, 0.15) is 17.5 Å². The van der Waals surface area contributed by atoms with Gasteiger partial charge in [-0.1, -0.05) is 18.2 Å². The number of rotatable bonds is 5. The molecule has 216 valence electrons. The van der Waals surface area contributed by atoms with Crippen molar-refractivity contribution in [3.05, 3.63) is 63.6 Å². The number of carbonyl (C=O) groups is 1. The highest BCUT2D eigenvalue weighted by Gasteiger charge is 2.33. The van der Waals surface area contributed by atoms with E-state index in [-0.39, 0.29) is 28.2 Å². The predicted octanol–water partition coefficient (Wildman–Crippen LogP) is 4.12. The van der Waals surface area contributed by atoms with Crippen molar-refractivity contribution in [1.82, 2.24) is 19.4 Å². The largest absolute Gasteiger partial charge is 0.379 e. The first-order chi connectivity index (χ1) is 19.8. The molecule has 1 aromatic heterocycles. The van der Waals surface area contributed by atoms with E-state index in [0.717, 1.165) is 35.0 Å². The number of amides is 1. The van der Waals surface area contributed by atoms with Crippen molar-refractivity contribution in [3.63, 3.8) is 0 Å². The van der Waals surface area contributed by atoms with Gasteiger partial charge in [-0.25, -0.2) is 13.6 Å². The van der Waals surface area contributed by atoms with Crippen molar-refractivity contribution in [2.24, 2.45) is 0 Å². The van der Waals surface area contributed by atoms with Crippen molar-refractivity contribution in [2.45, 2.75) is 17.9 Å². The average molecular weight is 602 g/mol. The molecule has 3 aromatic rings. The van der Waals surface area contributed by atoms with Crippen LogP contribution in [-0.2, 0) is 9.53 Å². The van der Waals surface area contributed by atoms with E-state index in [1.54, 1.807) is 21.2 Å². The second-order valence-electron chi connectivity index (χ2n) is 10.5. The van der Waals surface area contributed by atoms with Gasteiger partial charge in [0.2, 0.25) is 5.91 Å². The fraction of sp³-hybridized carbons (Fsp3) is 0.414. The predicted molar refractivity (Wildman–Crippen MR) is 157 cm³/mol. The molecular formula is C29H30ClF2N5O3S. The number of benzene rings is 2. The Bertz CT molecular complexity index is 1600. The van der Waals surface area contributed by atoms with Gasteiger partial charge in [-0.3, -0.25) is 14.3 Å². The molecular weight excluding hydrogens is 572 g/mol. The smallest absolute Gasteiger partial charge is 0.350 e. The Morgan fingerprint density at radius 2 is 1.88 bits per heavy atom. The summed E-state index contributed by atoms with van der Waals surface area (Å²) in [5.74, 6) is -0.524. The zero-order chi connectivity index (χ0) is 28.8. The Labute approximate surface area is 245 Å². The fourth-order valence-corrected chi connectivity index (χ4v) is 7.53. The van der Waals surface area contributed by atoms with Gasteiger partial charge in [0.15, 0.2) is 0 Å². The van der Waals surface area contributed by atoms with Gasteiger partial charge in [0.05, 0.1) is 29.8 Å². The molecule has 41 heavy (non-hydrogen) atoms. The number of anilines is 1. The highest BCUT2D eigenvalue weighted by Crippen LogP contribution is 2.47. The van der Waals surface area contributed by atoms with Crippen LogP contribution in [0.4, 0.5) is 14.6 Å². The molecule has 6 rings (SSSR count). The van der Waals surface area contributed by atoms with Crippen LogP contribution >= 0.6 is 23.4 Å². The van der Waals surface area contributed by atoms with E-state index in [1.165, 1.54) is 12.1 Å². The monoisotopic (exact) mass is 601 g/mol. The summed E-state index contributed by atoms with van der Waals surface area (Å²) in [6, 6.07) is 3.90. The molecule has 2 aromatic carbocycles. The molecule has 0 radical (unpaired) electrons. The molecule has 3 aliphatic heterocycles. The summed E-state index contributed by atoms with van der Waals surface area (Å²) >= 11 is 7.68. The average Bonchev–Trinajstić information content (AvgIpc) is 2.97.